The Labute approximate surface area is 151 Å². The summed E-state index contributed by atoms with van der Waals surface area (Å²) >= 11 is 0. The molecule has 0 aliphatic rings. The van der Waals surface area contributed by atoms with Crippen molar-refractivity contribution in [2.75, 3.05) is 18.7 Å². The molecule has 0 unspecified atom stereocenters. The summed E-state index contributed by atoms with van der Waals surface area (Å²) in [7, 11) is -1.87. The molecule has 0 aliphatic carbocycles. The maximum atomic E-state index is 12.2. The number of sulfone groups is 1. The maximum absolute atomic E-state index is 12.2. The van der Waals surface area contributed by atoms with Crippen LogP contribution in [0.2, 0.25) is 0 Å². The lowest BCUT2D eigenvalue weighted by atomic mass is 10.2. The van der Waals surface area contributed by atoms with Crippen LogP contribution in [0.3, 0.4) is 0 Å². The number of rotatable bonds is 6. The lowest BCUT2D eigenvalue weighted by Gasteiger charge is -2.15. The van der Waals surface area contributed by atoms with E-state index in [-0.39, 0.29) is 10.5 Å². The maximum Gasteiger partial charge on any atom is 0.338 e. The first-order chi connectivity index (χ1) is 12.2. The van der Waals surface area contributed by atoms with Crippen molar-refractivity contribution in [3.63, 3.8) is 0 Å². The van der Waals surface area contributed by atoms with Gasteiger partial charge >= 0.3 is 5.97 Å². The molecule has 1 N–H and O–H groups in total. The van der Waals surface area contributed by atoms with Crippen molar-refractivity contribution < 1.29 is 27.5 Å². The second kappa shape index (κ2) is 8.01. The molecule has 2 aromatic carbocycles. The molecule has 2 rings (SSSR count). The summed E-state index contributed by atoms with van der Waals surface area (Å²) in [5.74, 6) is -0.765. The Kier molecular flexibility index (Phi) is 5.99. The van der Waals surface area contributed by atoms with Gasteiger partial charge in [0.05, 0.1) is 23.3 Å². The van der Waals surface area contributed by atoms with Gasteiger partial charge in [-0.1, -0.05) is 12.1 Å². The number of anilines is 1. The smallest absolute Gasteiger partial charge is 0.338 e. The highest BCUT2D eigenvalue weighted by Crippen LogP contribution is 2.23. The van der Waals surface area contributed by atoms with Crippen molar-refractivity contribution in [3.8, 4) is 5.75 Å². The lowest BCUT2D eigenvalue weighted by Crippen LogP contribution is -2.30. The number of nitrogens with one attached hydrogen (secondary N) is 1. The molecule has 0 fully saturated rings. The van der Waals surface area contributed by atoms with Gasteiger partial charge in [-0.2, -0.15) is 0 Å². The van der Waals surface area contributed by atoms with Gasteiger partial charge in [0.15, 0.2) is 15.9 Å². The number of carbonyl (C=O) groups excluding carboxylic acids is 2. The fraction of sp³-hybridized carbons (Fsp3) is 0.222. The summed E-state index contributed by atoms with van der Waals surface area (Å²) in [5.41, 5.74) is 0.606. The number of amides is 1. The Morgan fingerprint density at radius 3 is 2.23 bits per heavy atom. The van der Waals surface area contributed by atoms with Gasteiger partial charge in [0.1, 0.15) is 5.75 Å². The predicted molar refractivity (Wildman–Crippen MR) is 96.1 cm³/mol. The van der Waals surface area contributed by atoms with Crippen LogP contribution < -0.4 is 10.1 Å². The summed E-state index contributed by atoms with van der Waals surface area (Å²) in [5, 5.41) is 2.63. The van der Waals surface area contributed by atoms with Crippen LogP contribution in [0.5, 0.6) is 5.75 Å². The number of carbonyl (C=O) groups is 2. The highest BCUT2D eigenvalue weighted by molar-refractivity contribution is 7.90. The largest absolute Gasteiger partial charge is 0.495 e. The van der Waals surface area contributed by atoms with Crippen LogP contribution in [0, 0.1) is 0 Å². The van der Waals surface area contributed by atoms with E-state index in [0.717, 1.165) is 6.26 Å². The summed E-state index contributed by atoms with van der Waals surface area (Å²) in [6.07, 6.45) is 0.0203. The Bertz CT molecular complexity index is 906. The molecular formula is C18H19NO6S. The third kappa shape index (κ3) is 4.82. The minimum absolute atomic E-state index is 0.0935. The molecule has 0 bridgehead atoms. The van der Waals surface area contributed by atoms with Crippen molar-refractivity contribution in [2.24, 2.45) is 0 Å². The minimum Gasteiger partial charge on any atom is -0.495 e. The van der Waals surface area contributed by atoms with Gasteiger partial charge in [-0.15, -0.1) is 0 Å². The quantitative estimate of drug-likeness (QED) is 0.776. The number of para-hydroxylation sites is 2. The number of hydrogen-bond donors (Lipinski definition) is 1. The third-order valence-corrected chi connectivity index (χ3v) is 4.66. The second-order valence-corrected chi connectivity index (χ2v) is 7.55. The van der Waals surface area contributed by atoms with Gasteiger partial charge in [-0.05, 0) is 43.3 Å². The Balaban J connectivity index is 2.03. The first-order valence-electron chi connectivity index (χ1n) is 7.67. The van der Waals surface area contributed by atoms with Gasteiger partial charge in [-0.25, -0.2) is 13.2 Å². The standard InChI is InChI=1S/C18H19NO6S/c1-12(17(20)19-15-6-4-5-7-16(15)24-2)25-18(21)13-8-10-14(11-9-13)26(3,22)23/h4-12H,1-3H3,(H,19,20)/t12-/m0/s1. The molecule has 26 heavy (non-hydrogen) atoms. The van der Waals surface area contributed by atoms with E-state index in [9.17, 15) is 18.0 Å². The number of methoxy groups -OCH3 is 1. The lowest BCUT2D eigenvalue weighted by molar-refractivity contribution is -0.123. The third-order valence-electron chi connectivity index (χ3n) is 3.54. The zero-order chi connectivity index (χ0) is 19.3. The van der Waals surface area contributed by atoms with Crippen molar-refractivity contribution in [1.29, 1.82) is 0 Å². The highest BCUT2D eigenvalue weighted by atomic mass is 32.2. The molecular weight excluding hydrogens is 358 g/mol. The second-order valence-electron chi connectivity index (χ2n) is 5.53. The van der Waals surface area contributed by atoms with Crippen LogP contribution >= 0.6 is 0 Å². The van der Waals surface area contributed by atoms with Crippen molar-refractivity contribution in [3.05, 3.63) is 54.1 Å². The fourth-order valence-corrected chi connectivity index (χ4v) is 2.73. The van der Waals surface area contributed by atoms with Crippen LogP contribution in [0.4, 0.5) is 5.69 Å². The summed E-state index contributed by atoms with van der Waals surface area (Å²) in [4.78, 5) is 24.4. The number of esters is 1. The van der Waals surface area contributed by atoms with Crippen LogP contribution in [0.15, 0.2) is 53.4 Å². The van der Waals surface area contributed by atoms with E-state index in [0.29, 0.717) is 11.4 Å². The van der Waals surface area contributed by atoms with Gasteiger partial charge in [0.2, 0.25) is 0 Å². The van der Waals surface area contributed by atoms with E-state index >= 15 is 0 Å². The average molecular weight is 377 g/mol. The molecule has 0 saturated heterocycles. The average Bonchev–Trinajstić information content (AvgIpc) is 2.61. The number of hydrogen-bond acceptors (Lipinski definition) is 6. The first-order valence-corrected chi connectivity index (χ1v) is 9.56. The molecule has 7 nitrogen and oxygen atoms in total. The molecule has 2 aromatic rings. The van der Waals surface area contributed by atoms with E-state index < -0.39 is 27.8 Å². The van der Waals surface area contributed by atoms with E-state index in [4.69, 9.17) is 9.47 Å². The zero-order valence-electron chi connectivity index (χ0n) is 14.6. The van der Waals surface area contributed by atoms with Crippen LogP contribution in [0.1, 0.15) is 17.3 Å². The highest BCUT2D eigenvalue weighted by Gasteiger charge is 2.20. The fourth-order valence-electron chi connectivity index (χ4n) is 2.10. The molecule has 8 heteroatoms. The van der Waals surface area contributed by atoms with Gasteiger partial charge in [0, 0.05) is 6.26 Å². The van der Waals surface area contributed by atoms with E-state index in [1.807, 2.05) is 0 Å². The molecule has 1 amide bonds. The number of benzene rings is 2. The SMILES string of the molecule is COc1ccccc1NC(=O)[C@H](C)OC(=O)c1ccc(S(C)(=O)=O)cc1. The molecule has 0 heterocycles. The molecule has 0 aromatic heterocycles. The minimum atomic E-state index is -3.35. The topological polar surface area (TPSA) is 98.8 Å². The molecule has 138 valence electrons. The summed E-state index contributed by atoms with van der Waals surface area (Å²) in [6.45, 7) is 1.44. The van der Waals surface area contributed by atoms with Gasteiger partial charge in [0.25, 0.3) is 5.91 Å². The normalized spacial score (nSPS) is 12.1. The molecule has 0 saturated carbocycles. The Hall–Kier alpha value is -2.87. The molecule has 0 spiro atoms. The van der Waals surface area contributed by atoms with Crippen LogP contribution in [0.25, 0.3) is 0 Å². The van der Waals surface area contributed by atoms with E-state index in [2.05, 4.69) is 5.32 Å². The summed E-state index contributed by atoms with van der Waals surface area (Å²) < 4.78 is 33.1. The van der Waals surface area contributed by atoms with Crippen molar-refractivity contribution in [1.82, 2.24) is 0 Å². The zero-order valence-corrected chi connectivity index (χ0v) is 15.4. The molecule has 0 aliphatic heterocycles. The Morgan fingerprint density at radius 2 is 1.65 bits per heavy atom. The number of ether oxygens (including phenoxy) is 2. The Morgan fingerprint density at radius 1 is 1.04 bits per heavy atom. The van der Waals surface area contributed by atoms with Crippen LogP contribution in [-0.2, 0) is 19.4 Å². The molecule has 0 radical (unpaired) electrons. The van der Waals surface area contributed by atoms with Crippen molar-refractivity contribution in [2.45, 2.75) is 17.9 Å². The monoisotopic (exact) mass is 377 g/mol. The van der Waals surface area contributed by atoms with Gasteiger partial charge in [-0.3, -0.25) is 4.79 Å². The predicted octanol–water partition coefficient (Wildman–Crippen LogP) is 2.28. The first kappa shape index (κ1) is 19.5. The molecule has 1 atom stereocenters. The summed E-state index contributed by atoms with van der Waals surface area (Å²) in [6, 6.07) is 12.1. The van der Waals surface area contributed by atoms with E-state index in [1.165, 1.54) is 38.3 Å². The van der Waals surface area contributed by atoms with Gasteiger partial charge < -0.3 is 14.8 Å². The van der Waals surface area contributed by atoms with Crippen LogP contribution in [-0.4, -0.2) is 39.8 Å². The van der Waals surface area contributed by atoms with Crippen molar-refractivity contribution >= 4 is 27.4 Å². The van der Waals surface area contributed by atoms with E-state index in [1.54, 1.807) is 24.3 Å².